The molecule has 0 fully saturated rings. The standard InChI is InChI=1S/C12H17NO2S/c1-9(10-6-4-3-5-7-10)16-8-11(13)12(14)15-2/h3-7,9,11H,8,13H2,1-2H3/t9?,11-/m0/s1. The van der Waals surface area contributed by atoms with Crippen LogP contribution in [0.25, 0.3) is 0 Å². The third-order valence-electron chi connectivity index (χ3n) is 2.30. The molecule has 1 aromatic rings. The molecule has 1 unspecified atom stereocenters. The highest BCUT2D eigenvalue weighted by molar-refractivity contribution is 7.99. The van der Waals surface area contributed by atoms with Crippen molar-refractivity contribution in [2.75, 3.05) is 12.9 Å². The van der Waals surface area contributed by atoms with Crippen molar-refractivity contribution < 1.29 is 9.53 Å². The van der Waals surface area contributed by atoms with Crippen LogP contribution in [0, 0.1) is 0 Å². The number of carbonyl (C=O) groups excluding carboxylic acids is 1. The van der Waals surface area contributed by atoms with Crippen molar-refractivity contribution in [3.8, 4) is 0 Å². The molecular formula is C12H17NO2S. The molecule has 0 saturated heterocycles. The second kappa shape index (κ2) is 6.55. The lowest BCUT2D eigenvalue weighted by Gasteiger charge is -2.14. The van der Waals surface area contributed by atoms with E-state index in [-0.39, 0.29) is 5.97 Å². The highest BCUT2D eigenvalue weighted by atomic mass is 32.2. The van der Waals surface area contributed by atoms with Gasteiger partial charge in [-0.2, -0.15) is 11.8 Å². The van der Waals surface area contributed by atoms with Crippen LogP contribution in [0.15, 0.2) is 30.3 Å². The molecular weight excluding hydrogens is 222 g/mol. The van der Waals surface area contributed by atoms with Gasteiger partial charge in [-0.3, -0.25) is 4.79 Å². The van der Waals surface area contributed by atoms with Gasteiger partial charge in [-0.05, 0) is 12.5 Å². The fourth-order valence-corrected chi connectivity index (χ4v) is 2.27. The van der Waals surface area contributed by atoms with E-state index in [0.29, 0.717) is 11.0 Å². The van der Waals surface area contributed by atoms with Crippen LogP contribution in [-0.2, 0) is 9.53 Å². The van der Waals surface area contributed by atoms with Crippen molar-refractivity contribution >= 4 is 17.7 Å². The lowest BCUT2D eigenvalue weighted by molar-refractivity contribution is -0.141. The van der Waals surface area contributed by atoms with Crippen LogP contribution < -0.4 is 5.73 Å². The molecule has 3 nitrogen and oxygen atoms in total. The fourth-order valence-electron chi connectivity index (χ4n) is 1.29. The Balaban J connectivity index is 2.41. The van der Waals surface area contributed by atoms with Crippen molar-refractivity contribution in [3.63, 3.8) is 0 Å². The van der Waals surface area contributed by atoms with E-state index in [1.54, 1.807) is 11.8 Å². The SMILES string of the molecule is COC(=O)[C@@H](N)CSC(C)c1ccccc1. The number of nitrogens with two attached hydrogens (primary N) is 1. The monoisotopic (exact) mass is 239 g/mol. The number of ether oxygens (including phenoxy) is 1. The van der Waals surface area contributed by atoms with Crippen LogP contribution >= 0.6 is 11.8 Å². The Kier molecular flexibility index (Phi) is 5.35. The Morgan fingerprint density at radius 3 is 2.62 bits per heavy atom. The average molecular weight is 239 g/mol. The van der Waals surface area contributed by atoms with Crippen molar-refractivity contribution in [1.29, 1.82) is 0 Å². The summed E-state index contributed by atoms with van der Waals surface area (Å²) < 4.78 is 4.57. The lowest BCUT2D eigenvalue weighted by atomic mass is 10.2. The maximum atomic E-state index is 11.1. The van der Waals surface area contributed by atoms with Crippen molar-refractivity contribution in [1.82, 2.24) is 0 Å². The van der Waals surface area contributed by atoms with Crippen LogP contribution in [-0.4, -0.2) is 24.9 Å². The Labute approximate surface area is 100 Å². The zero-order valence-electron chi connectivity index (χ0n) is 9.55. The van der Waals surface area contributed by atoms with Gasteiger partial charge in [0.2, 0.25) is 0 Å². The van der Waals surface area contributed by atoms with Crippen molar-refractivity contribution in [2.24, 2.45) is 5.73 Å². The zero-order valence-corrected chi connectivity index (χ0v) is 10.4. The molecule has 0 aliphatic carbocycles. The Hall–Kier alpha value is -1.00. The zero-order chi connectivity index (χ0) is 12.0. The van der Waals surface area contributed by atoms with Gasteiger partial charge < -0.3 is 10.5 Å². The van der Waals surface area contributed by atoms with Gasteiger partial charge in [-0.25, -0.2) is 0 Å². The first kappa shape index (κ1) is 13.1. The van der Waals surface area contributed by atoms with E-state index in [1.165, 1.54) is 12.7 Å². The van der Waals surface area contributed by atoms with Crippen LogP contribution in [0.1, 0.15) is 17.7 Å². The summed E-state index contributed by atoms with van der Waals surface area (Å²) in [5.74, 6) is 0.218. The van der Waals surface area contributed by atoms with Gasteiger partial charge in [-0.1, -0.05) is 30.3 Å². The van der Waals surface area contributed by atoms with Crippen molar-refractivity contribution in [2.45, 2.75) is 18.2 Å². The predicted octanol–water partition coefficient (Wildman–Crippen LogP) is 1.98. The van der Waals surface area contributed by atoms with Gasteiger partial charge in [-0.15, -0.1) is 0 Å². The van der Waals surface area contributed by atoms with Gasteiger partial charge in [0, 0.05) is 11.0 Å². The number of methoxy groups -OCH3 is 1. The van der Waals surface area contributed by atoms with Gasteiger partial charge in [0.05, 0.1) is 7.11 Å². The molecule has 0 bridgehead atoms. The van der Waals surface area contributed by atoms with E-state index in [1.807, 2.05) is 18.2 Å². The molecule has 1 rings (SSSR count). The maximum absolute atomic E-state index is 11.1. The second-order valence-electron chi connectivity index (χ2n) is 3.52. The van der Waals surface area contributed by atoms with Crippen molar-refractivity contribution in [3.05, 3.63) is 35.9 Å². The van der Waals surface area contributed by atoms with E-state index < -0.39 is 6.04 Å². The third-order valence-corrected chi connectivity index (χ3v) is 3.62. The summed E-state index contributed by atoms with van der Waals surface area (Å²) >= 11 is 1.66. The molecule has 0 aliphatic heterocycles. The van der Waals surface area contributed by atoms with Crippen LogP contribution in [0.5, 0.6) is 0 Å². The number of thioether (sulfide) groups is 1. The Bertz CT molecular complexity index is 329. The number of esters is 1. The number of hydrogen-bond donors (Lipinski definition) is 1. The molecule has 0 amide bonds. The number of carbonyl (C=O) groups is 1. The summed E-state index contributed by atoms with van der Waals surface area (Å²) in [6.07, 6.45) is 0. The molecule has 0 radical (unpaired) electrons. The van der Waals surface area contributed by atoms with Crippen LogP contribution in [0.2, 0.25) is 0 Å². The lowest BCUT2D eigenvalue weighted by Crippen LogP contribution is -2.34. The number of rotatable bonds is 5. The second-order valence-corrected chi connectivity index (χ2v) is 4.89. The molecule has 1 aromatic carbocycles. The molecule has 0 spiro atoms. The fraction of sp³-hybridized carbons (Fsp3) is 0.417. The average Bonchev–Trinajstić information content (AvgIpc) is 2.35. The largest absolute Gasteiger partial charge is 0.468 e. The molecule has 0 aromatic heterocycles. The number of hydrogen-bond acceptors (Lipinski definition) is 4. The molecule has 88 valence electrons. The summed E-state index contributed by atoms with van der Waals surface area (Å²) in [6, 6.07) is 9.60. The molecule has 2 atom stereocenters. The highest BCUT2D eigenvalue weighted by Crippen LogP contribution is 2.27. The first-order valence-electron chi connectivity index (χ1n) is 5.15. The first-order valence-corrected chi connectivity index (χ1v) is 6.20. The number of benzene rings is 1. The molecule has 0 heterocycles. The van der Waals surface area contributed by atoms with E-state index in [2.05, 4.69) is 23.8 Å². The quantitative estimate of drug-likeness (QED) is 0.798. The molecule has 0 saturated carbocycles. The maximum Gasteiger partial charge on any atom is 0.323 e. The summed E-state index contributed by atoms with van der Waals surface area (Å²) in [4.78, 5) is 11.1. The molecule has 2 N–H and O–H groups in total. The summed E-state index contributed by atoms with van der Waals surface area (Å²) in [5.41, 5.74) is 6.90. The van der Waals surface area contributed by atoms with Gasteiger partial charge in [0.25, 0.3) is 0 Å². The smallest absolute Gasteiger partial charge is 0.323 e. The van der Waals surface area contributed by atoms with E-state index in [9.17, 15) is 4.79 Å². The summed E-state index contributed by atoms with van der Waals surface area (Å²) in [5, 5.41) is 0.330. The van der Waals surface area contributed by atoms with Gasteiger partial charge >= 0.3 is 5.97 Å². The minimum Gasteiger partial charge on any atom is -0.468 e. The minimum atomic E-state index is -0.541. The van der Waals surface area contributed by atoms with Crippen LogP contribution in [0.4, 0.5) is 0 Å². The van der Waals surface area contributed by atoms with E-state index >= 15 is 0 Å². The van der Waals surface area contributed by atoms with Gasteiger partial charge in [0.15, 0.2) is 0 Å². The minimum absolute atomic E-state index is 0.330. The summed E-state index contributed by atoms with van der Waals surface area (Å²) in [6.45, 7) is 2.10. The molecule has 16 heavy (non-hydrogen) atoms. The molecule has 4 heteroatoms. The van der Waals surface area contributed by atoms with E-state index in [0.717, 1.165) is 0 Å². The first-order chi connectivity index (χ1) is 7.65. The predicted molar refractivity (Wildman–Crippen MR) is 67.3 cm³/mol. The highest BCUT2D eigenvalue weighted by Gasteiger charge is 2.15. The summed E-state index contributed by atoms with van der Waals surface area (Å²) in [7, 11) is 1.35. The van der Waals surface area contributed by atoms with E-state index in [4.69, 9.17) is 5.73 Å². The van der Waals surface area contributed by atoms with Crippen LogP contribution in [0.3, 0.4) is 0 Å². The normalized spacial score (nSPS) is 14.2. The Morgan fingerprint density at radius 2 is 2.06 bits per heavy atom. The molecule has 0 aliphatic rings. The van der Waals surface area contributed by atoms with Gasteiger partial charge in [0.1, 0.15) is 6.04 Å². The Morgan fingerprint density at radius 1 is 1.44 bits per heavy atom. The topological polar surface area (TPSA) is 52.3 Å². The third kappa shape index (κ3) is 3.87.